The Hall–Kier alpha value is -1.10. The number of carbonyl (C=O) groups excluding carboxylic acids is 2. The lowest BCUT2D eigenvalue weighted by atomic mass is 10.0. The molecule has 1 aliphatic heterocycles. The highest BCUT2D eigenvalue weighted by molar-refractivity contribution is 5.83. The maximum absolute atomic E-state index is 12.0. The fourth-order valence-electron chi connectivity index (χ4n) is 2.86. The Bertz CT molecular complexity index is 313. The third-order valence-corrected chi connectivity index (χ3v) is 3.81. The molecule has 1 aliphatic carbocycles. The Morgan fingerprint density at radius 1 is 1.28 bits per heavy atom. The minimum absolute atomic E-state index is 0.0358. The third-order valence-electron chi connectivity index (χ3n) is 3.81. The normalized spacial score (nSPS) is 31.3. The second-order valence-electron chi connectivity index (χ2n) is 5.05. The molecular weight excluding hydrogens is 232 g/mol. The summed E-state index contributed by atoms with van der Waals surface area (Å²) in [6.07, 6.45) is 4.61. The van der Waals surface area contributed by atoms with Gasteiger partial charge < -0.3 is 15.4 Å². The maximum atomic E-state index is 12.0. The minimum atomic E-state index is -0.167. The summed E-state index contributed by atoms with van der Waals surface area (Å²) in [6.45, 7) is 3.12. The van der Waals surface area contributed by atoms with Gasteiger partial charge in [-0.1, -0.05) is 6.42 Å². The van der Waals surface area contributed by atoms with Crippen molar-refractivity contribution in [2.24, 2.45) is 5.92 Å². The molecule has 0 bridgehead atoms. The standard InChI is InChI=1S/C13H22N2O3/c1-2-18-13(17)9-5-3-6-10(9)15-12(16)11-7-4-8-14-11/h9-11,14H,2-8H2,1H3,(H,15,16)/t9?,10?,11-/m1/s1. The fourth-order valence-corrected chi connectivity index (χ4v) is 2.86. The van der Waals surface area contributed by atoms with E-state index in [2.05, 4.69) is 10.6 Å². The molecule has 0 aromatic rings. The van der Waals surface area contributed by atoms with Gasteiger partial charge in [0.1, 0.15) is 0 Å². The zero-order valence-corrected chi connectivity index (χ0v) is 10.9. The predicted molar refractivity (Wildman–Crippen MR) is 66.9 cm³/mol. The van der Waals surface area contributed by atoms with E-state index in [1.165, 1.54) is 0 Å². The van der Waals surface area contributed by atoms with E-state index in [0.29, 0.717) is 6.61 Å². The minimum Gasteiger partial charge on any atom is -0.466 e. The average molecular weight is 254 g/mol. The van der Waals surface area contributed by atoms with Crippen LogP contribution in [0.25, 0.3) is 0 Å². The van der Waals surface area contributed by atoms with Crippen molar-refractivity contribution >= 4 is 11.9 Å². The van der Waals surface area contributed by atoms with E-state index < -0.39 is 0 Å². The smallest absolute Gasteiger partial charge is 0.311 e. The second kappa shape index (κ2) is 6.18. The van der Waals surface area contributed by atoms with Gasteiger partial charge in [-0.3, -0.25) is 9.59 Å². The molecule has 2 unspecified atom stereocenters. The molecule has 0 aromatic heterocycles. The van der Waals surface area contributed by atoms with E-state index >= 15 is 0 Å². The van der Waals surface area contributed by atoms with Crippen LogP contribution in [0.4, 0.5) is 0 Å². The van der Waals surface area contributed by atoms with Crippen LogP contribution in [0.2, 0.25) is 0 Å². The first-order valence-corrected chi connectivity index (χ1v) is 6.92. The lowest BCUT2D eigenvalue weighted by Crippen LogP contribution is -2.47. The first-order valence-electron chi connectivity index (χ1n) is 6.92. The van der Waals surface area contributed by atoms with Crippen LogP contribution in [0.15, 0.2) is 0 Å². The summed E-state index contributed by atoms with van der Waals surface area (Å²) in [4.78, 5) is 23.8. The van der Waals surface area contributed by atoms with Crippen LogP contribution in [0.5, 0.6) is 0 Å². The Morgan fingerprint density at radius 2 is 2.11 bits per heavy atom. The molecule has 0 radical (unpaired) electrons. The van der Waals surface area contributed by atoms with Gasteiger partial charge in [0, 0.05) is 6.04 Å². The fraction of sp³-hybridized carbons (Fsp3) is 0.846. The van der Waals surface area contributed by atoms with Crippen LogP contribution in [0.3, 0.4) is 0 Å². The second-order valence-corrected chi connectivity index (χ2v) is 5.05. The van der Waals surface area contributed by atoms with E-state index in [0.717, 1.165) is 38.6 Å². The van der Waals surface area contributed by atoms with Gasteiger partial charge in [0.2, 0.25) is 5.91 Å². The zero-order chi connectivity index (χ0) is 13.0. The quantitative estimate of drug-likeness (QED) is 0.720. The van der Waals surface area contributed by atoms with Crippen LogP contribution in [-0.2, 0) is 14.3 Å². The molecule has 2 aliphatic rings. The number of hydrogen-bond acceptors (Lipinski definition) is 4. The molecule has 5 nitrogen and oxygen atoms in total. The van der Waals surface area contributed by atoms with Gasteiger partial charge in [-0.15, -0.1) is 0 Å². The van der Waals surface area contributed by atoms with Crippen molar-refractivity contribution in [1.29, 1.82) is 0 Å². The van der Waals surface area contributed by atoms with Crippen LogP contribution in [0, 0.1) is 5.92 Å². The SMILES string of the molecule is CCOC(=O)C1CCCC1NC(=O)[C@H]1CCCN1. The predicted octanol–water partition coefficient (Wildman–Crippen LogP) is 0.586. The van der Waals surface area contributed by atoms with Crippen molar-refractivity contribution in [3.05, 3.63) is 0 Å². The van der Waals surface area contributed by atoms with Crippen molar-refractivity contribution in [2.75, 3.05) is 13.2 Å². The van der Waals surface area contributed by atoms with Gasteiger partial charge in [0.15, 0.2) is 0 Å². The summed E-state index contributed by atoms with van der Waals surface area (Å²) in [5, 5.41) is 6.18. The maximum Gasteiger partial charge on any atom is 0.311 e. The molecule has 2 fully saturated rings. The van der Waals surface area contributed by atoms with E-state index in [1.807, 2.05) is 6.92 Å². The van der Waals surface area contributed by atoms with Crippen molar-refractivity contribution in [1.82, 2.24) is 10.6 Å². The monoisotopic (exact) mass is 254 g/mol. The molecule has 18 heavy (non-hydrogen) atoms. The van der Waals surface area contributed by atoms with Crippen LogP contribution >= 0.6 is 0 Å². The molecule has 0 spiro atoms. The molecule has 5 heteroatoms. The third kappa shape index (κ3) is 3.02. The Kier molecular flexibility index (Phi) is 4.58. The van der Waals surface area contributed by atoms with E-state index in [-0.39, 0.29) is 29.9 Å². The highest BCUT2D eigenvalue weighted by Crippen LogP contribution is 2.27. The van der Waals surface area contributed by atoms with Gasteiger partial charge in [-0.2, -0.15) is 0 Å². The van der Waals surface area contributed by atoms with Crippen LogP contribution in [0.1, 0.15) is 39.0 Å². The van der Waals surface area contributed by atoms with Crippen LogP contribution < -0.4 is 10.6 Å². The molecule has 1 heterocycles. The van der Waals surface area contributed by atoms with Crippen LogP contribution in [-0.4, -0.2) is 37.1 Å². The largest absolute Gasteiger partial charge is 0.466 e. The number of ether oxygens (including phenoxy) is 1. The van der Waals surface area contributed by atoms with Gasteiger partial charge in [0.25, 0.3) is 0 Å². The number of amides is 1. The average Bonchev–Trinajstić information content (AvgIpc) is 2.99. The first-order chi connectivity index (χ1) is 8.72. The Labute approximate surface area is 108 Å². The zero-order valence-electron chi connectivity index (χ0n) is 10.9. The van der Waals surface area contributed by atoms with Gasteiger partial charge in [-0.05, 0) is 39.2 Å². The van der Waals surface area contributed by atoms with Gasteiger partial charge >= 0.3 is 5.97 Å². The highest BCUT2D eigenvalue weighted by Gasteiger charge is 2.36. The Balaban J connectivity index is 1.87. The number of nitrogens with one attached hydrogen (secondary N) is 2. The number of rotatable bonds is 4. The van der Waals surface area contributed by atoms with Crippen molar-refractivity contribution in [3.8, 4) is 0 Å². The molecule has 1 amide bonds. The van der Waals surface area contributed by atoms with E-state index in [4.69, 9.17) is 4.74 Å². The first kappa shape index (κ1) is 13.3. The summed E-state index contributed by atoms with van der Waals surface area (Å²) in [6, 6.07) is -0.118. The van der Waals surface area contributed by atoms with E-state index in [1.54, 1.807) is 0 Å². The molecular formula is C13H22N2O3. The molecule has 2 rings (SSSR count). The lowest BCUT2D eigenvalue weighted by Gasteiger charge is -2.21. The molecule has 0 aromatic carbocycles. The van der Waals surface area contributed by atoms with Gasteiger partial charge in [0.05, 0.1) is 18.6 Å². The summed E-state index contributed by atoms with van der Waals surface area (Å²) >= 11 is 0. The number of hydrogen-bond donors (Lipinski definition) is 2. The van der Waals surface area contributed by atoms with E-state index in [9.17, 15) is 9.59 Å². The highest BCUT2D eigenvalue weighted by atomic mass is 16.5. The molecule has 1 saturated carbocycles. The van der Waals surface area contributed by atoms with Gasteiger partial charge in [-0.25, -0.2) is 0 Å². The molecule has 1 saturated heterocycles. The number of carbonyl (C=O) groups is 2. The Morgan fingerprint density at radius 3 is 2.78 bits per heavy atom. The van der Waals surface area contributed by atoms with Crippen molar-refractivity contribution in [2.45, 2.75) is 51.1 Å². The lowest BCUT2D eigenvalue weighted by molar-refractivity contribution is -0.148. The topological polar surface area (TPSA) is 67.4 Å². The summed E-state index contributed by atoms with van der Waals surface area (Å²) in [7, 11) is 0. The summed E-state index contributed by atoms with van der Waals surface area (Å²) in [5.74, 6) is -0.288. The van der Waals surface area contributed by atoms with Crippen molar-refractivity contribution < 1.29 is 14.3 Å². The molecule has 102 valence electrons. The number of esters is 1. The molecule has 2 N–H and O–H groups in total. The summed E-state index contributed by atoms with van der Waals surface area (Å²) < 4.78 is 5.06. The van der Waals surface area contributed by atoms with Crippen molar-refractivity contribution in [3.63, 3.8) is 0 Å². The summed E-state index contributed by atoms with van der Waals surface area (Å²) in [5.41, 5.74) is 0. The molecule has 3 atom stereocenters.